The highest BCUT2D eigenvalue weighted by Crippen LogP contribution is 2.25. The SMILES string of the molecule is CCCCn1nc(CC)c(O)c1CC(C)C. The lowest BCUT2D eigenvalue weighted by molar-refractivity contribution is 0.447. The Hall–Kier alpha value is -0.990. The van der Waals surface area contributed by atoms with E-state index in [2.05, 4.69) is 25.9 Å². The van der Waals surface area contributed by atoms with Crippen LogP contribution in [-0.2, 0) is 19.4 Å². The summed E-state index contributed by atoms with van der Waals surface area (Å²) in [7, 11) is 0. The quantitative estimate of drug-likeness (QED) is 0.806. The fraction of sp³-hybridized carbons (Fsp3) is 0.769. The van der Waals surface area contributed by atoms with Crippen LogP contribution in [0.15, 0.2) is 0 Å². The van der Waals surface area contributed by atoms with Crippen LogP contribution in [0.3, 0.4) is 0 Å². The van der Waals surface area contributed by atoms with Crippen molar-refractivity contribution in [2.75, 3.05) is 0 Å². The summed E-state index contributed by atoms with van der Waals surface area (Å²) >= 11 is 0. The number of nitrogens with zero attached hydrogens (tertiary/aromatic N) is 2. The highest BCUT2D eigenvalue weighted by molar-refractivity contribution is 5.32. The molecular formula is C13H24N2O. The fourth-order valence-electron chi connectivity index (χ4n) is 1.86. The van der Waals surface area contributed by atoms with E-state index >= 15 is 0 Å². The Labute approximate surface area is 98.5 Å². The largest absolute Gasteiger partial charge is 0.504 e. The molecule has 0 spiro atoms. The lowest BCUT2D eigenvalue weighted by Gasteiger charge is -2.09. The molecule has 3 heteroatoms. The molecule has 0 bridgehead atoms. The molecule has 1 heterocycles. The zero-order valence-corrected chi connectivity index (χ0v) is 11.0. The van der Waals surface area contributed by atoms with Gasteiger partial charge in [0, 0.05) is 6.54 Å². The van der Waals surface area contributed by atoms with E-state index in [0.717, 1.165) is 43.6 Å². The molecule has 0 amide bonds. The lowest BCUT2D eigenvalue weighted by atomic mass is 10.1. The Kier molecular flexibility index (Phi) is 4.84. The van der Waals surface area contributed by atoms with Gasteiger partial charge >= 0.3 is 0 Å². The van der Waals surface area contributed by atoms with Crippen LogP contribution in [0.4, 0.5) is 0 Å². The van der Waals surface area contributed by atoms with Crippen LogP contribution in [-0.4, -0.2) is 14.9 Å². The number of unbranched alkanes of at least 4 members (excludes halogenated alkanes) is 1. The van der Waals surface area contributed by atoms with Gasteiger partial charge in [0.2, 0.25) is 0 Å². The maximum Gasteiger partial charge on any atom is 0.160 e. The zero-order valence-electron chi connectivity index (χ0n) is 11.0. The normalized spacial score (nSPS) is 11.3. The van der Waals surface area contributed by atoms with Gasteiger partial charge in [0.25, 0.3) is 0 Å². The molecule has 1 N–H and O–H groups in total. The predicted molar refractivity (Wildman–Crippen MR) is 66.7 cm³/mol. The van der Waals surface area contributed by atoms with Crippen LogP contribution in [0, 0.1) is 5.92 Å². The molecule has 0 radical (unpaired) electrons. The average Bonchev–Trinajstić information content (AvgIpc) is 2.53. The second kappa shape index (κ2) is 5.92. The fourth-order valence-corrected chi connectivity index (χ4v) is 1.86. The van der Waals surface area contributed by atoms with E-state index in [4.69, 9.17) is 0 Å². The van der Waals surface area contributed by atoms with Gasteiger partial charge in [-0.3, -0.25) is 4.68 Å². The molecule has 1 aromatic rings. The smallest absolute Gasteiger partial charge is 0.160 e. The Bertz CT molecular complexity index is 329. The number of rotatable bonds is 6. The molecule has 0 unspecified atom stereocenters. The summed E-state index contributed by atoms with van der Waals surface area (Å²) < 4.78 is 2.00. The van der Waals surface area contributed by atoms with Gasteiger partial charge in [-0.1, -0.05) is 34.1 Å². The van der Waals surface area contributed by atoms with Gasteiger partial charge in [0.15, 0.2) is 5.75 Å². The maximum absolute atomic E-state index is 10.1. The third-order valence-electron chi connectivity index (χ3n) is 2.76. The summed E-state index contributed by atoms with van der Waals surface area (Å²) in [5.74, 6) is 0.972. The molecule has 0 saturated carbocycles. The lowest BCUT2D eigenvalue weighted by Crippen LogP contribution is -2.07. The molecule has 0 aliphatic carbocycles. The first kappa shape index (κ1) is 13.1. The molecule has 16 heavy (non-hydrogen) atoms. The van der Waals surface area contributed by atoms with Crippen LogP contribution in [0.2, 0.25) is 0 Å². The van der Waals surface area contributed by atoms with E-state index < -0.39 is 0 Å². The molecule has 1 aromatic heterocycles. The highest BCUT2D eigenvalue weighted by Gasteiger charge is 2.16. The second-order valence-electron chi connectivity index (χ2n) is 4.77. The minimum Gasteiger partial charge on any atom is -0.504 e. The van der Waals surface area contributed by atoms with E-state index in [0.29, 0.717) is 11.7 Å². The molecule has 1 rings (SSSR count). The molecule has 0 atom stereocenters. The number of aromatic nitrogens is 2. The van der Waals surface area contributed by atoms with Crippen molar-refractivity contribution in [2.45, 2.75) is 59.9 Å². The molecular weight excluding hydrogens is 200 g/mol. The average molecular weight is 224 g/mol. The van der Waals surface area contributed by atoms with Gasteiger partial charge in [-0.15, -0.1) is 0 Å². The maximum atomic E-state index is 10.1. The Balaban J connectivity index is 2.94. The molecule has 92 valence electrons. The van der Waals surface area contributed by atoms with Gasteiger partial charge in [-0.2, -0.15) is 5.10 Å². The van der Waals surface area contributed by atoms with Crippen LogP contribution in [0.5, 0.6) is 5.75 Å². The van der Waals surface area contributed by atoms with E-state index in [1.165, 1.54) is 0 Å². The zero-order chi connectivity index (χ0) is 12.1. The van der Waals surface area contributed by atoms with Crippen LogP contribution >= 0.6 is 0 Å². The molecule has 0 aromatic carbocycles. The minimum atomic E-state index is 0.423. The highest BCUT2D eigenvalue weighted by atomic mass is 16.3. The van der Waals surface area contributed by atoms with Crippen molar-refractivity contribution in [2.24, 2.45) is 5.92 Å². The Morgan fingerprint density at radius 2 is 2.00 bits per heavy atom. The van der Waals surface area contributed by atoms with Crippen LogP contribution in [0.25, 0.3) is 0 Å². The molecule has 0 fully saturated rings. The topological polar surface area (TPSA) is 38.0 Å². The van der Waals surface area contributed by atoms with E-state index in [9.17, 15) is 5.11 Å². The summed E-state index contributed by atoms with van der Waals surface area (Å²) in [4.78, 5) is 0. The molecule has 0 aliphatic rings. The van der Waals surface area contributed by atoms with Crippen LogP contribution in [0.1, 0.15) is 51.9 Å². The van der Waals surface area contributed by atoms with Gasteiger partial charge in [0.1, 0.15) is 5.69 Å². The van der Waals surface area contributed by atoms with Crippen molar-refractivity contribution in [1.29, 1.82) is 0 Å². The number of hydrogen-bond acceptors (Lipinski definition) is 2. The van der Waals surface area contributed by atoms with Crippen molar-refractivity contribution < 1.29 is 5.11 Å². The number of aryl methyl sites for hydroxylation is 2. The van der Waals surface area contributed by atoms with E-state index in [1.54, 1.807) is 0 Å². The first-order valence-electron chi connectivity index (χ1n) is 6.37. The van der Waals surface area contributed by atoms with E-state index in [1.807, 2.05) is 11.6 Å². The first-order chi connectivity index (χ1) is 7.60. The van der Waals surface area contributed by atoms with Gasteiger partial charge in [0.05, 0.1) is 5.69 Å². The van der Waals surface area contributed by atoms with Gasteiger partial charge in [-0.05, 0) is 25.2 Å². The van der Waals surface area contributed by atoms with Crippen molar-refractivity contribution >= 4 is 0 Å². The third kappa shape index (κ3) is 3.00. The number of aromatic hydroxyl groups is 1. The molecule has 0 saturated heterocycles. The van der Waals surface area contributed by atoms with Gasteiger partial charge in [-0.25, -0.2) is 0 Å². The summed E-state index contributed by atoms with van der Waals surface area (Å²) in [6.07, 6.45) is 3.98. The summed E-state index contributed by atoms with van der Waals surface area (Å²) in [6.45, 7) is 9.47. The Morgan fingerprint density at radius 3 is 2.50 bits per heavy atom. The van der Waals surface area contributed by atoms with Crippen molar-refractivity contribution in [3.8, 4) is 5.75 Å². The summed E-state index contributed by atoms with van der Waals surface area (Å²) in [5.41, 5.74) is 1.85. The molecule has 0 aliphatic heterocycles. The number of hydrogen-bond donors (Lipinski definition) is 1. The summed E-state index contributed by atoms with van der Waals surface area (Å²) in [6, 6.07) is 0. The van der Waals surface area contributed by atoms with Crippen molar-refractivity contribution in [1.82, 2.24) is 9.78 Å². The predicted octanol–water partition coefficient (Wildman–Crippen LogP) is 3.15. The third-order valence-corrected chi connectivity index (χ3v) is 2.76. The van der Waals surface area contributed by atoms with Crippen molar-refractivity contribution in [3.63, 3.8) is 0 Å². The second-order valence-corrected chi connectivity index (χ2v) is 4.77. The monoisotopic (exact) mass is 224 g/mol. The standard InChI is InChI=1S/C13H24N2O/c1-5-7-8-15-12(9-10(3)4)13(16)11(6-2)14-15/h10,16H,5-9H2,1-4H3. The summed E-state index contributed by atoms with van der Waals surface area (Å²) in [5, 5.41) is 14.6. The molecule has 3 nitrogen and oxygen atoms in total. The van der Waals surface area contributed by atoms with Crippen molar-refractivity contribution in [3.05, 3.63) is 11.4 Å². The Morgan fingerprint density at radius 1 is 1.31 bits per heavy atom. The van der Waals surface area contributed by atoms with Gasteiger partial charge < -0.3 is 5.11 Å². The first-order valence-corrected chi connectivity index (χ1v) is 6.37. The van der Waals surface area contributed by atoms with Crippen LogP contribution < -0.4 is 0 Å². The van der Waals surface area contributed by atoms with E-state index in [-0.39, 0.29) is 0 Å². The minimum absolute atomic E-state index is 0.423.